The monoisotopic (exact) mass is 752 g/mol. The molecule has 2 saturated heterocycles. The number of methoxy groups -OCH3 is 2. The highest BCUT2D eigenvalue weighted by atomic mass is 16.5. The molecule has 3 aromatic carbocycles. The van der Waals surface area contributed by atoms with Crippen LogP contribution in [0.4, 0.5) is 0 Å². The van der Waals surface area contributed by atoms with Gasteiger partial charge in [0.15, 0.2) is 11.5 Å². The lowest BCUT2D eigenvalue weighted by Crippen LogP contribution is -2.51. The molecule has 1 amide bonds. The zero-order valence-electron chi connectivity index (χ0n) is 33.5. The van der Waals surface area contributed by atoms with E-state index >= 15 is 0 Å². The lowest BCUT2D eigenvalue weighted by Gasteiger charge is -2.39. The molecule has 296 valence electrons. The number of hydrogen-bond acceptors (Lipinski definition) is 8. The first-order valence-electron chi connectivity index (χ1n) is 20.2. The maximum absolute atomic E-state index is 14.9. The van der Waals surface area contributed by atoms with Gasteiger partial charge in [0.05, 0.1) is 33.4 Å². The van der Waals surface area contributed by atoms with Gasteiger partial charge < -0.3 is 28.6 Å². The van der Waals surface area contributed by atoms with Gasteiger partial charge in [-0.25, -0.2) is 4.79 Å². The molecule has 2 fully saturated rings. The van der Waals surface area contributed by atoms with Crippen molar-refractivity contribution in [1.82, 2.24) is 9.80 Å². The van der Waals surface area contributed by atoms with E-state index in [0.29, 0.717) is 37.5 Å². The number of hydrogen-bond donors (Lipinski definition) is 0. The highest BCUT2D eigenvalue weighted by Gasteiger charge is 2.40. The van der Waals surface area contributed by atoms with Gasteiger partial charge in [-0.3, -0.25) is 9.69 Å². The molecule has 6 rings (SSSR count). The Morgan fingerprint density at radius 2 is 1.69 bits per heavy atom. The van der Waals surface area contributed by atoms with Crippen LogP contribution < -0.4 is 14.2 Å². The van der Waals surface area contributed by atoms with Crippen LogP contribution in [-0.2, 0) is 25.5 Å². The van der Waals surface area contributed by atoms with Crippen molar-refractivity contribution in [2.75, 3.05) is 60.2 Å². The number of carbonyl (C=O) groups is 2. The molecule has 0 spiro atoms. The van der Waals surface area contributed by atoms with Crippen molar-refractivity contribution < 1.29 is 33.3 Å². The average Bonchev–Trinajstić information content (AvgIpc) is 3.21. The molecule has 0 bridgehead atoms. The van der Waals surface area contributed by atoms with Crippen LogP contribution in [0.1, 0.15) is 90.3 Å². The Balaban J connectivity index is 1.25. The molecule has 55 heavy (non-hydrogen) atoms. The SMILES string of the molecule is COc1cc([C@@H](C(=O)N2CCCC[C@H]2C(=O)OC(CCc2ccc(C)c(C)c2)c2cccc(OCCN3CCOCC3)c2)[C@@H]2C=CCCC2)cc(C)c1OC. The van der Waals surface area contributed by atoms with Gasteiger partial charge in [-0.1, -0.05) is 48.6 Å². The molecular formula is C46H60N2O7. The van der Waals surface area contributed by atoms with Crippen molar-refractivity contribution in [3.8, 4) is 17.2 Å². The lowest BCUT2D eigenvalue weighted by atomic mass is 9.78. The lowest BCUT2D eigenvalue weighted by molar-refractivity contribution is -0.163. The van der Waals surface area contributed by atoms with E-state index in [1.807, 2.05) is 48.2 Å². The second kappa shape index (κ2) is 19.5. The van der Waals surface area contributed by atoms with Crippen molar-refractivity contribution in [3.63, 3.8) is 0 Å². The largest absolute Gasteiger partial charge is 0.493 e. The average molecular weight is 753 g/mol. The molecule has 0 saturated carbocycles. The molecular weight excluding hydrogens is 693 g/mol. The van der Waals surface area contributed by atoms with Gasteiger partial charge in [-0.15, -0.1) is 0 Å². The van der Waals surface area contributed by atoms with E-state index in [1.165, 1.54) is 16.7 Å². The van der Waals surface area contributed by atoms with E-state index in [2.05, 4.69) is 49.1 Å². The van der Waals surface area contributed by atoms with E-state index in [1.54, 1.807) is 14.2 Å². The molecule has 9 heteroatoms. The zero-order chi connectivity index (χ0) is 38.7. The van der Waals surface area contributed by atoms with Crippen LogP contribution in [0.25, 0.3) is 0 Å². The third-order valence-corrected chi connectivity index (χ3v) is 11.6. The summed E-state index contributed by atoms with van der Waals surface area (Å²) < 4.78 is 29.6. The van der Waals surface area contributed by atoms with Crippen LogP contribution in [0.2, 0.25) is 0 Å². The molecule has 3 aromatic rings. The smallest absolute Gasteiger partial charge is 0.329 e. The second-order valence-corrected chi connectivity index (χ2v) is 15.4. The highest BCUT2D eigenvalue weighted by Crippen LogP contribution is 2.41. The Morgan fingerprint density at radius 3 is 2.44 bits per heavy atom. The summed E-state index contributed by atoms with van der Waals surface area (Å²) in [5, 5.41) is 0. The first kappa shape index (κ1) is 40.3. The van der Waals surface area contributed by atoms with Crippen LogP contribution in [0, 0.1) is 26.7 Å². The van der Waals surface area contributed by atoms with Gasteiger partial charge in [0.1, 0.15) is 24.5 Å². The maximum Gasteiger partial charge on any atom is 0.329 e. The Bertz CT molecular complexity index is 1780. The number of ether oxygens (including phenoxy) is 5. The number of carbonyl (C=O) groups excluding carboxylic acids is 2. The van der Waals surface area contributed by atoms with Gasteiger partial charge in [0, 0.05) is 26.2 Å². The minimum Gasteiger partial charge on any atom is -0.493 e. The maximum atomic E-state index is 14.9. The summed E-state index contributed by atoms with van der Waals surface area (Å²) in [6.07, 6.45) is 10.4. The Morgan fingerprint density at radius 1 is 0.855 bits per heavy atom. The van der Waals surface area contributed by atoms with Crippen molar-refractivity contribution in [3.05, 3.63) is 100 Å². The van der Waals surface area contributed by atoms with Crippen molar-refractivity contribution >= 4 is 11.9 Å². The van der Waals surface area contributed by atoms with Gasteiger partial charge in [0.25, 0.3) is 0 Å². The molecule has 9 nitrogen and oxygen atoms in total. The summed E-state index contributed by atoms with van der Waals surface area (Å²) in [4.78, 5) is 33.6. The van der Waals surface area contributed by atoms with Gasteiger partial charge in [-0.05, 0) is 130 Å². The number of piperidine rings is 1. The van der Waals surface area contributed by atoms with E-state index < -0.39 is 18.1 Å². The summed E-state index contributed by atoms with van der Waals surface area (Å²) in [5.74, 6) is 1.17. The molecule has 1 unspecified atom stereocenters. The van der Waals surface area contributed by atoms with Crippen LogP contribution in [-0.4, -0.2) is 87.9 Å². The Hall–Kier alpha value is -4.34. The van der Waals surface area contributed by atoms with E-state index in [0.717, 1.165) is 93.8 Å². The van der Waals surface area contributed by atoms with Crippen LogP contribution in [0.3, 0.4) is 0 Å². The van der Waals surface area contributed by atoms with Gasteiger partial charge in [0.2, 0.25) is 5.91 Å². The molecule has 2 heterocycles. The summed E-state index contributed by atoms with van der Waals surface area (Å²) in [6.45, 7) is 11.4. The Labute approximate surface area is 327 Å². The number of rotatable bonds is 15. The molecule has 1 aliphatic carbocycles. The zero-order valence-corrected chi connectivity index (χ0v) is 33.5. The minimum absolute atomic E-state index is 0.00838. The summed E-state index contributed by atoms with van der Waals surface area (Å²) >= 11 is 0. The fraction of sp³-hybridized carbons (Fsp3) is 0.522. The number of aryl methyl sites for hydroxylation is 4. The third-order valence-electron chi connectivity index (χ3n) is 11.6. The molecule has 2 aliphatic heterocycles. The van der Waals surface area contributed by atoms with E-state index in [-0.39, 0.29) is 17.8 Å². The number of morpholine rings is 1. The summed E-state index contributed by atoms with van der Waals surface area (Å²) in [5.41, 5.74) is 6.37. The van der Waals surface area contributed by atoms with Crippen molar-refractivity contribution in [2.24, 2.45) is 5.92 Å². The summed E-state index contributed by atoms with van der Waals surface area (Å²) in [7, 11) is 3.25. The fourth-order valence-corrected chi connectivity index (χ4v) is 8.36. The minimum atomic E-state index is -0.672. The van der Waals surface area contributed by atoms with Crippen LogP contribution in [0.15, 0.2) is 66.7 Å². The molecule has 0 N–H and O–H groups in total. The summed E-state index contributed by atoms with van der Waals surface area (Å²) in [6, 6.07) is 17.8. The van der Waals surface area contributed by atoms with Crippen molar-refractivity contribution in [2.45, 2.75) is 90.2 Å². The number of benzene rings is 3. The standard InChI is InChI=1S/C46H60N2O7/c1-32-17-18-35(28-33(32)2)19-20-41(37-14-11-15-39(30-37)54-27-24-47-22-25-53-26-23-47)55-46(50)40-16-9-10-21-48(40)45(49)43(36-12-7-6-8-13-36)38-29-34(3)44(52-5)42(31-38)51-4/h7,11-12,14-15,17-18,28-31,36,40-41,43H,6,8-10,13,16,19-27H2,1-5H3/t36-,40+,41?,43+/m1/s1. The predicted octanol–water partition coefficient (Wildman–Crippen LogP) is 8.08. The molecule has 3 aliphatic rings. The molecule has 0 aromatic heterocycles. The normalized spacial score (nSPS) is 20.1. The van der Waals surface area contributed by atoms with E-state index in [4.69, 9.17) is 23.7 Å². The predicted molar refractivity (Wildman–Crippen MR) is 215 cm³/mol. The fourth-order valence-electron chi connectivity index (χ4n) is 8.36. The van der Waals surface area contributed by atoms with Gasteiger partial charge in [-0.2, -0.15) is 0 Å². The highest BCUT2D eigenvalue weighted by molar-refractivity contribution is 5.89. The molecule has 4 atom stereocenters. The van der Waals surface area contributed by atoms with Crippen LogP contribution >= 0.6 is 0 Å². The second-order valence-electron chi connectivity index (χ2n) is 15.4. The van der Waals surface area contributed by atoms with E-state index in [9.17, 15) is 9.59 Å². The number of allylic oxidation sites excluding steroid dienone is 2. The van der Waals surface area contributed by atoms with Gasteiger partial charge >= 0.3 is 5.97 Å². The number of nitrogens with zero attached hydrogens (tertiary/aromatic N) is 2. The third kappa shape index (κ3) is 10.3. The first-order valence-corrected chi connectivity index (χ1v) is 20.2. The number of esters is 1. The number of amides is 1. The number of likely N-dealkylation sites (tertiary alicyclic amines) is 1. The first-order chi connectivity index (χ1) is 26.7. The van der Waals surface area contributed by atoms with Crippen molar-refractivity contribution in [1.29, 1.82) is 0 Å². The topological polar surface area (TPSA) is 86.8 Å². The molecule has 0 radical (unpaired) electrons. The quantitative estimate of drug-likeness (QED) is 0.114. The Kier molecular flexibility index (Phi) is 14.3. The van der Waals surface area contributed by atoms with Crippen LogP contribution in [0.5, 0.6) is 17.2 Å².